The van der Waals surface area contributed by atoms with Crippen molar-refractivity contribution < 1.29 is 54.0 Å². The van der Waals surface area contributed by atoms with E-state index in [0.717, 1.165) is 11.5 Å². The number of fused-ring (bicyclic) bond motifs is 1. The third-order valence-corrected chi connectivity index (χ3v) is 15.0. The Morgan fingerprint density at radius 3 is 2.22 bits per heavy atom. The number of hydrogen-bond donors (Lipinski definition) is 0. The topological polar surface area (TPSA) is 13.1 Å². The van der Waals surface area contributed by atoms with E-state index >= 15 is 0 Å². The van der Waals surface area contributed by atoms with Crippen LogP contribution >= 0.6 is 0 Å². The molecule has 5 aliphatic rings. The molecule has 1 fully saturated rings. The monoisotopic (exact) mass is 623 g/mol. The van der Waals surface area contributed by atoms with Gasteiger partial charge in [0.2, 0.25) is 0 Å². The van der Waals surface area contributed by atoms with Gasteiger partial charge in [-0.3, -0.25) is 0 Å². The molecule has 0 amide bonds. The first-order chi connectivity index (χ1) is 16.9. The first-order valence-electron chi connectivity index (χ1n) is 13.3. The smallest absolute Gasteiger partial charge is 1.00 e. The Kier molecular flexibility index (Phi) is 8.71. The summed E-state index contributed by atoms with van der Waals surface area (Å²) in [5, 5.41) is 1.59. The minimum atomic E-state index is -1.08. The molecule has 0 radical (unpaired) electrons. The largest absolute Gasteiger partial charge is 1.00 e. The van der Waals surface area contributed by atoms with Crippen molar-refractivity contribution in [3.05, 3.63) is 94.0 Å². The molecule has 3 aromatic rings. The van der Waals surface area contributed by atoms with Gasteiger partial charge in [-0.2, -0.15) is 0 Å². The van der Waals surface area contributed by atoms with Gasteiger partial charge in [-0.05, 0) is 18.2 Å². The second-order valence-corrected chi connectivity index (χ2v) is 17.4. The van der Waals surface area contributed by atoms with Crippen LogP contribution in [0.15, 0.2) is 70.4 Å². The fraction of sp³-hybridized carbons (Fsp3) is 0.375. The Morgan fingerprint density at radius 2 is 1.57 bits per heavy atom. The molecule has 5 heteroatoms. The van der Waals surface area contributed by atoms with E-state index in [4.69, 9.17) is 4.42 Å². The van der Waals surface area contributed by atoms with Crippen LogP contribution in [0.3, 0.4) is 0 Å². The molecule has 3 heterocycles. The maximum atomic E-state index is 5.51. The van der Waals surface area contributed by atoms with Gasteiger partial charge in [0.25, 0.3) is 0 Å². The molecular formula is C32H35Cl2OSiZr. The van der Waals surface area contributed by atoms with Crippen molar-refractivity contribution in [3.63, 3.8) is 0 Å². The van der Waals surface area contributed by atoms with Crippen molar-refractivity contribution >= 4 is 19.3 Å². The summed E-state index contributed by atoms with van der Waals surface area (Å²) in [4.78, 5) is 0. The van der Waals surface area contributed by atoms with Gasteiger partial charge in [-0.25, -0.2) is 0 Å². The van der Waals surface area contributed by atoms with Crippen LogP contribution < -0.4 is 24.8 Å². The number of allylic oxidation sites excluding steroid dienone is 2. The molecule has 1 nitrogen and oxygen atoms in total. The first kappa shape index (κ1) is 28.9. The van der Waals surface area contributed by atoms with Crippen molar-refractivity contribution in [1.82, 2.24) is 0 Å². The molecule has 1 aromatic heterocycles. The average Bonchev–Trinajstić information content (AvgIpc) is 3.57. The van der Waals surface area contributed by atoms with Gasteiger partial charge in [-0.1, -0.05) is 18.7 Å². The van der Waals surface area contributed by atoms with Crippen molar-refractivity contribution in [3.8, 4) is 11.1 Å². The van der Waals surface area contributed by atoms with Gasteiger partial charge >= 0.3 is 155 Å². The zero-order chi connectivity index (χ0) is 24.3. The van der Waals surface area contributed by atoms with Crippen LogP contribution in [0.1, 0.15) is 89.1 Å². The summed E-state index contributed by atoms with van der Waals surface area (Å²) >= 11 is 1.60. The standard InChI is InChI=1S/C22H23.C10H12OSi.2ClH.Zr/c1-16-14-20-8-5-9-21(22(20)15-16)19-12-10-18(11-13-19)17-6-3-2-4-7-17;1-6-9-7-4-5-11-8(7)10(6)12(9,2)3;;;/h5,8-15,17H,2-4,6-7H2,1H3;4-5,9H,1-3H3;2*1H;/q;;;;+2/p-2. The van der Waals surface area contributed by atoms with Crippen LogP contribution in [0.2, 0.25) is 13.1 Å². The summed E-state index contributed by atoms with van der Waals surface area (Å²) < 4.78 is 6.16. The van der Waals surface area contributed by atoms with Crippen LogP contribution in [-0.2, 0) is 24.7 Å². The minimum absolute atomic E-state index is 0. The van der Waals surface area contributed by atoms with Crippen molar-refractivity contribution in [1.29, 1.82) is 0 Å². The maximum absolute atomic E-state index is 5.51. The predicted octanol–water partition coefficient (Wildman–Crippen LogP) is 3.36. The van der Waals surface area contributed by atoms with Gasteiger partial charge in [-0.15, -0.1) is 0 Å². The van der Waals surface area contributed by atoms with Crippen molar-refractivity contribution in [2.45, 2.75) is 74.1 Å². The molecule has 8 rings (SSSR count). The third kappa shape index (κ3) is 4.77. The Bertz CT molecular complexity index is 1350. The third-order valence-electron chi connectivity index (χ3n) is 9.00. The first-order valence-corrected chi connectivity index (χ1v) is 17.8. The van der Waals surface area contributed by atoms with Crippen molar-refractivity contribution in [2.24, 2.45) is 0 Å². The second kappa shape index (κ2) is 11.2. The Labute approximate surface area is 250 Å². The number of benzene rings is 2. The SMILES string of the molecule is CC1=C2c3occc3C1[Si]2(C)C.CC1=Cc2c(-c3ccc(C4CCCCC4)cc3)cccc2[CH]1[Zr+2].[Cl-].[Cl-]. The van der Waals surface area contributed by atoms with Crippen LogP contribution in [0.4, 0.5) is 0 Å². The molecule has 3 aliphatic carbocycles. The summed E-state index contributed by atoms with van der Waals surface area (Å²) in [6, 6.07) is 18.4. The van der Waals surface area contributed by atoms with Gasteiger partial charge < -0.3 is 29.2 Å². The van der Waals surface area contributed by atoms with E-state index in [1.54, 1.807) is 41.1 Å². The quantitative estimate of drug-likeness (QED) is 0.399. The van der Waals surface area contributed by atoms with Crippen LogP contribution in [0.25, 0.3) is 22.4 Å². The second-order valence-electron chi connectivity index (χ2n) is 11.5. The Balaban J connectivity index is 0.000000193. The summed E-state index contributed by atoms with van der Waals surface area (Å²) in [5.74, 6) is 2.01. The normalized spacial score (nSPS) is 22.5. The fourth-order valence-corrected chi connectivity index (χ4v) is 12.3. The molecule has 2 bridgehead atoms. The van der Waals surface area contributed by atoms with E-state index in [1.165, 1.54) is 71.3 Å². The molecule has 0 N–H and O–H groups in total. The van der Waals surface area contributed by atoms with Gasteiger partial charge in [0.1, 0.15) is 5.76 Å². The molecule has 2 aromatic carbocycles. The number of hydrogen-bond acceptors (Lipinski definition) is 1. The number of rotatable bonds is 2. The molecule has 0 saturated heterocycles. The molecule has 0 spiro atoms. The Hall–Kier alpha value is -1.12. The van der Waals surface area contributed by atoms with E-state index in [2.05, 4.69) is 81.5 Å². The molecule has 1 saturated carbocycles. The summed E-state index contributed by atoms with van der Waals surface area (Å²) in [6.07, 6.45) is 11.2. The van der Waals surface area contributed by atoms with Crippen LogP contribution in [0.5, 0.6) is 0 Å². The predicted molar refractivity (Wildman–Crippen MR) is 146 cm³/mol. The molecular weight excluding hydrogens is 591 g/mol. The average molecular weight is 626 g/mol. The van der Waals surface area contributed by atoms with Crippen molar-refractivity contribution in [2.75, 3.05) is 0 Å². The Morgan fingerprint density at radius 1 is 0.865 bits per heavy atom. The van der Waals surface area contributed by atoms with Gasteiger partial charge in [0.05, 0.1) is 14.3 Å². The van der Waals surface area contributed by atoms with Crippen LogP contribution in [0, 0.1) is 0 Å². The maximum Gasteiger partial charge on any atom is -1.00 e. The summed E-state index contributed by atoms with van der Waals surface area (Å²) in [5.41, 5.74) is 12.7. The molecule has 2 atom stereocenters. The zero-order valence-electron chi connectivity index (χ0n) is 22.2. The van der Waals surface area contributed by atoms with Gasteiger partial charge in [0, 0.05) is 11.1 Å². The number of halogens is 2. The van der Waals surface area contributed by atoms with E-state index in [1.807, 2.05) is 6.26 Å². The summed E-state index contributed by atoms with van der Waals surface area (Å²) in [6.45, 7) is 9.41. The summed E-state index contributed by atoms with van der Waals surface area (Å²) in [7, 11) is -1.08. The van der Waals surface area contributed by atoms with Gasteiger partial charge in [0.15, 0.2) is 0 Å². The molecule has 2 aliphatic heterocycles. The van der Waals surface area contributed by atoms with E-state index in [-0.39, 0.29) is 24.8 Å². The van der Waals surface area contributed by atoms with Crippen LogP contribution in [-0.4, -0.2) is 8.07 Å². The fourth-order valence-electron chi connectivity index (χ4n) is 7.28. The molecule has 2 unspecified atom stereocenters. The minimum Gasteiger partial charge on any atom is -1.00 e. The van der Waals surface area contributed by atoms with E-state index < -0.39 is 8.07 Å². The zero-order valence-corrected chi connectivity index (χ0v) is 27.2. The molecule has 191 valence electrons. The van der Waals surface area contributed by atoms with E-state index in [0.29, 0.717) is 3.63 Å². The van der Waals surface area contributed by atoms with E-state index in [9.17, 15) is 0 Å². The number of furan rings is 1. The molecule has 37 heavy (non-hydrogen) atoms.